The minimum atomic E-state index is 0.561. The van der Waals surface area contributed by atoms with Crippen LogP contribution in [0.2, 0.25) is 0 Å². The van der Waals surface area contributed by atoms with Crippen molar-refractivity contribution in [3.8, 4) is 0 Å². The fourth-order valence-electron chi connectivity index (χ4n) is 1.28. The third-order valence-electron chi connectivity index (χ3n) is 2.01. The van der Waals surface area contributed by atoms with Gasteiger partial charge in [0.25, 0.3) is 0 Å². The van der Waals surface area contributed by atoms with Crippen molar-refractivity contribution in [2.75, 3.05) is 6.61 Å². The largest absolute Gasteiger partial charge is 0.479 e. The highest BCUT2D eigenvalue weighted by molar-refractivity contribution is 8.22. The van der Waals surface area contributed by atoms with Crippen molar-refractivity contribution in [1.82, 2.24) is 0 Å². The Bertz CT molecular complexity index is 453. The minimum absolute atomic E-state index is 0.561. The summed E-state index contributed by atoms with van der Waals surface area (Å²) in [4.78, 5) is 4.04. The van der Waals surface area contributed by atoms with Crippen molar-refractivity contribution in [3.63, 3.8) is 0 Å². The van der Waals surface area contributed by atoms with E-state index in [4.69, 9.17) is 17.0 Å². The number of aliphatic imine (C=N–C) groups is 1. The van der Waals surface area contributed by atoms with Gasteiger partial charge < -0.3 is 4.74 Å². The lowest BCUT2D eigenvalue weighted by Gasteiger charge is -2.07. The molecule has 0 saturated carbocycles. The fraction of sp³-hybridized carbons (Fsp3) is 0.333. The molecule has 0 spiro atoms. The van der Waals surface area contributed by atoms with Crippen molar-refractivity contribution in [2.45, 2.75) is 19.6 Å². The molecule has 0 aromatic heterocycles. The van der Waals surface area contributed by atoms with Crippen LogP contribution in [-0.4, -0.2) is 16.2 Å². The lowest BCUT2D eigenvalue weighted by molar-refractivity contribution is 0.346. The predicted molar refractivity (Wildman–Crippen MR) is 81.4 cm³/mol. The van der Waals surface area contributed by atoms with Crippen molar-refractivity contribution < 1.29 is 4.74 Å². The molecule has 0 aliphatic rings. The minimum Gasteiger partial charge on any atom is -0.479 e. The van der Waals surface area contributed by atoms with E-state index in [1.165, 1.54) is 17.3 Å². The highest BCUT2D eigenvalue weighted by Crippen LogP contribution is 2.25. The van der Waals surface area contributed by atoms with Crippen LogP contribution in [0.15, 0.2) is 23.2 Å². The van der Waals surface area contributed by atoms with Crippen molar-refractivity contribution >= 4 is 51.4 Å². The number of hydrogen-bond acceptors (Lipinski definition) is 5. The lowest BCUT2D eigenvalue weighted by Crippen LogP contribution is -1.96. The molecule has 5 heteroatoms. The maximum atomic E-state index is 5.22. The van der Waals surface area contributed by atoms with Gasteiger partial charge in [-0.25, -0.2) is 0 Å². The van der Waals surface area contributed by atoms with Gasteiger partial charge in [-0.05, 0) is 49.9 Å². The van der Waals surface area contributed by atoms with Gasteiger partial charge >= 0.3 is 0 Å². The molecule has 2 nitrogen and oxygen atoms in total. The maximum absolute atomic E-state index is 5.22. The van der Waals surface area contributed by atoms with Gasteiger partial charge in [-0.1, -0.05) is 29.5 Å². The number of aryl methyl sites for hydroxylation is 1. The van der Waals surface area contributed by atoms with E-state index in [-0.39, 0.29) is 0 Å². The third kappa shape index (κ3) is 4.96. The zero-order chi connectivity index (χ0) is 12.7. The normalized spacial score (nSPS) is 9.53. The van der Waals surface area contributed by atoms with Gasteiger partial charge in [0.2, 0.25) is 4.38 Å². The van der Waals surface area contributed by atoms with E-state index >= 15 is 0 Å². The zero-order valence-corrected chi connectivity index (χ0v) is 12.2. The number of ether oxygens (including phenoxy) is 1. The Labute approximate surface area is 116 Å². The summed E-state index contributed by atoms with van der Waals surface area (Å²) >= 11 is 11.2. The van der Waals surface area contributed by atoms with Crippen LogP contribution in [0.4, 0.5) is 5.69 Å². The molecule has 0 fully saturated rings. The summed E-state index contributed by atoms with van der Waals surface area (Å²) < 4.78 is 5.78. The van der Waals surface area contributed by atoms with Gasteiger partial charge in [0.1, 0.15) is 0 Å². The number of nitrogens with zero attached hydrogens (tertiary/aromatic N) is 1. The van der Waals surface area contributed by atoms with Crippen LogP contribution < -0.4 is 0 Å². The van der Waals surface area contributed by atoms with E-state index < -0.39 is 0 Å². The quantitative estimate of drug-likeness (QED) is 0.607. The molecule has 1 aromatic carbocycles. The number of thiocarbonyl (C=S) groups is 2. The Kier molecular flexibility index (Phi) is 6.37. The van der Waals surface area contributed by atoms with Gasteiger partial charge in [-0.15, -0.1) is 0 Å². The maximum Gasteiger partial charge on any atom is 0.220 e. The summed E-state index contributed by atoms with van der Waals surface area (Å²) in [6.07, 6.45) is 0. The number of rotatable bonds is 4. The van der Waals surface area contributed by atoms with Crippen LogP contribution in [-0.2, 0) is 10.5 Å². The molecule has 17 heavy (non-hydrogen) atoms. The van der Waals surface area contributed by atoms with Gasteiger partial charge in [0, 0.05) is 5.75 Å². The molecule has 0 heterocycles. The Morgan fingerprint density at radius 2 is 2.29 bits per heavy atom. The predicted octanol–water partition coefficient (Wildman–Crippen LogP) is 4.28. The molecule has 0 saturated heterocycles. The topological polar surface area (TPSA) is 21.6 Å². The SMILES string of the molecule is CCOC(=S)SCc1cc(C)ccc1N=C=S. The van der Waals surface area contributed by atoms with Crippen LogP contribution in [0.5, 0.6) is 0 Å². The number of thioether (sulfide) groups is 1. The second kappa shape index (κ2) is 7.56. The molecule has 0 unspecified atom stereocenters. The van der Waals surface area contributed by atoms with Gasteiger partial charge in [0.15, 0.2) is 0 Å². The van der Waals surface area contributed by atoms with Crippen LogP contribution in [0.1, 0.15) is 18.1 Å². The summed E-state index contributed by atoms with van der Waals surface area (Å²) in [6, 6.07) is 6.02. The van der Waals surface area contributed by atoms with Crippen LogP contribution in [0, 0.1) is 6.92 Å². The van der Waals surface area contributed by atoms with Crippen molar-refractivity contribution in [3.05, 3.63) is 29.3 Å². The lowest BCUT2D eigenvalue weighted by atomic mass is 10.1. The number of isothiocyanates is 1. The third-order valence-corrected chi connectivity index (χ3v) is 3.38. The molecule has 0 radical (unpaired) electrons. The van der Waals surface area contributed by atoms with E-state index in [0.29, 0.717) is 11.0 Å². The first-order valence-corrected chi connectivity index (χ1v) is 6.94. The smallest absolute Gasteiger partial charge is 0.220 e. The highest BCUT2D eigenvalue weighted by Gasteiger charge is 2.05. The Hall–Kier alpha value is -0.740. The molecular weight excluding hydrogens is 270 g/mol. The molecular formula is C12H13NOS3. The first kappa shape index (κ1) is 14.3. The van der Waals surface area contributed by atoms with E-state index in [2.05, 4.69) is 28.4 Å². The summed E-state index contributed by atoms with van der Waals surface area (Å²) in [7, 11) is 0. The molecule has 0 atom stereocenters. The van der Waals surface area contributed by atoms with Crippen LogP contribution in [0.25, 0.3) is 0 Å². The van der Waals surface area contributed by atoms with E-state index in [1.54, 1.807) is 0 Å². The standard InChI is InChI=1S/C12H13NOS3/c1-3-14-12(16)17-7-10-6-9(2)4-5-11(10)13-8-15/h4-6H,3,7H2,1-2H3. The van der Waals surface area contributed by atoms with Crippen molar-refractivity contribution in [1.29, 1.82) is 0 Å². The summed E-state index contributed by atoms with van der Waals surface area (Å²) in [5.74, 6) is 0.732. The molecule has 90 valence electrons. The molecule has 0 aliphatic carbocycles. The second-order valence-corrected chi connectivity index (χ2v) is 5.07. The van der Waals surface area contributed by atoms with E-state index in [0.717, 1.165) is 17.0 Å². The molecule has 1 aromatic rings. The summed E-state index contributed by atoms with van der Waals surface area (Å²) in [6.45, 7) is 4.56. The Morgan fingerprint density at radius 3 is 2.94 bits per heavy atom. The average Bonchev–Trinajstić information content (AvgIpc) is 2.30. The monoisotopic (exact) mass is 283 g/mol. The number of hydrogen-bond donors (Lipinski definition) is 0. The summed E-state index contributed by atoms with van der Waals surface area (Å²) in [5, 5.41) is 2.39. The van der Waals surface area contributed by atoms with Crippen molar-refractivity contribution in [2.24, 2.45) is 4.99 Å². The van der Waals surface area contributed by atoms with E-state index in [1.807, 2.05) is 26.0 Å². The van der Waals surface area contributed by atoms with Gasteiger partial charge in [0.05, 0.1) is 17.5 Å². The van der Waals surface area contributed by atoms with Gasteiger partial charge in [-0.2, -0.15) is 4.99 Å². The Balaban J connectivity index is 2.78. The fourth-order valence-corrected chi connectivity index (χ4v) is 2.38. The van der Waals surface area contributed by atoms with Crippen LogP contribution in [0.3, 0.4) is 0 Å². The Morgan fingerprint density at radius 1 is 1.53 bits per heavy atom. The molecule has 0 amide bonds. The molecule has 0 N–H and O–H groups in total. The van der Waals surface area contributed by atoms with Crippen LogP contribution >= 0.6 is 36.2 Å². The number of benzene rings is 1. The zero-order valence-electron chi connectivity index (χ0n) is 9.73. The molecule has 0 aliphatic heterocycles. The van der Waals surface area contributed by atoms with Gasteiger partial charge in [-0.3, -0.25) is 0 Å². The first-order valence-electron chi connectivity index (χ1n) is 5.14. The summed E-state index contributed by atoms with van der Waals surface area (Å²) in [5.41, 5.74) is 3.12. The molecule has 1 rings (SSSR count). The highest BCUT2D eigenvalue weighted by atomic mass is 32.2. The average molecular weight is 283 g/mol. The first-order chi connectivity index (χ1) is 8.17. The molecule has 0 bridgehead atoms. The van der Waals surface area contributed by atoms with E-state index in [9.17, 15) is 0 Å². The second-order valence-electron chi connectivity index (χ2n) is 3.31.